The van der Waals surface area contributed by atoms with E-state index in [1.807, 2.05) is 26.8 Å². The van der Waals surface area contributed by atoms with Crippen LogP contribution in [0.5, 0.6) is 0 Å². The van der Waals surface area contributed by atoms with E-state index in [0.717, 1.165) is 6.42 Å². The van der Waals surface area contributed by atoms with E-state index in [4.69, 9.17) is 9.15 Å². The summed E-state index contributed by atoms with van der Waals surface area (Å²) in [6.45, 7) is 6.71. The Morgan fingerprint density at radius 1 is 1.15 bits per heavy atom. The van der Waals surface area contributed by atoms with Gasteiger partial charge in [-0.1, -0.05) is 24.3 Å². The second-order valence-electron chi connectivity index (χ2n) is 10.1. The Balaban J connectivity index is 1.35. The average Bonchev–Trinajstić information content (AvgIpc) is 3.53. The lowest BCUT2D eigenvalue weighted by Gasteiger charge is -2.24. The van der Waals surface area contributed by atoms with Gasteiger partial charge in [-0.05, 0) is 57.7 Å². The lowest BCUT2D eigenvalue weighted by atomic mass is 10.1. The summed E-state index contributed by atoms with van der Waals surface area (Å²) in [6.07, 6.45) is 2.49. The van der Waals surface area contributed by atoms with Crippen LogP contribution in [0.15, 0.2) is 53.2 Å². The maximum absolute atomic E-state index is 13.5. The van der Waals surface area contributed by atoms with Gasteiger partial charge in [0.05, 0.1) is 18.1 Å². The summed E-state index contributed by atoms with van der Waals surface area (Å²) >= 11 is 0. The molecule has 1 aliphatic heterocycles. The second-order valence-corrected chi connectivity index (χ2v) is 10.1. The van der Waals surface area contributed by atoms with Crippen LogP contribution in [0.3, 0.4) is 0 Å². The lowest BCUT2D eigenvalue weighted by molar-refractivity contribution is -0.153. The SMILES string of the molecule is CC(C)(C)OC(=O)N1CC[C@H](C/C=C/c2ncc(NC(=O)c3nc(-c4ccccc4)oc3C(F)(F)F)cn2)C1. The number of allylic oxidation sites excluding steroid dienone is 1. The zero-order valence-electron chi connectivity index (χ0n) is 21.7. The largest absolute Gasteiger partial charge is 0.452 e. The first-order chi connectivity index (χ1) is 18.4. The molecule has 0 saturated carbocycles. The van der Waals surface area contributed by atoms with Gasteiger partial charge in [-0.25, -0.2) is 19.7 Å². The van der Waals surface area contributed by atoms with Gasteiger partial charge in [0.25, 0.3) is 5.91 Å². The van der Waals surface area contributed by atoms with Crippen molar-refractivity contribution in [2.24, 2.45) is 5.92 Å². The number of carbonyl (C=O) groups is 2. The van der Waals surface area contributed by atoms with Crippen molar-refractivity contribution in [3.05, 3.63) is 66.1 Å². The predicted molar refractivity (Wildman–Crippen MR) is 136 cm³/mol. The number of ether oxygens (including phenoxy) is 1. The Morgan fingerprint density at radius 2 is 1.85 bits per heavy atom. The van der Waals surface area contributed by atoms with E-state index in [2.05, 4.69) is 20.3 Å². The number of nitrogens with zero attached hydrogens (tertiary/aromatic N) is 4. The van der Waals surface area contributed by atoms with E-state index < -0.39 is 29.1 Å². The van der Waals surface area contributed by atoms with Gasteiger partial charge < -0.3 is 19.4 Å². The van der Waals surface area contributed by atoms with E-state index in [-0.39, 0.29) is 23.6 Å². The van der Waals surface area contributed by atoms with Crippen LogP contribution >= 0.6 is 0 Å². The minimum Gasteiger partial charge on any atom is -0.444 e. The Labute approximate surface area is 223 Å². The van der Waals surface area contributed by atoms with Crippen molar-refractivity contribution in [3.8, 4) is 11.5 Å². The molecule has 1 atom stereocenters. The van der Waals surface area contributed by atoms with Gasteiger partial charge in [-0.15, -0.1) is 0 Å². The maximum Gasteiger partial charge on any atom is 0.452 e. The van der Waals surface area contributed by atoms with Crippen molar-refractivity contribution in [1.82, 2.24) is 19.9 Å². The molecule has 0 aliphatic carbocycles. The van der Waals surface area contributed by atoms with Crippen LogP contribution in [0, 0.1) is 5.92 Å². The van der Waals surface area contributed by atoms with Gasteiger partial charge in [0.2, 0.25) is 11.7 Å². The number of aromatic nitrogens is 3. The molecule has 0 bridgehead atoms. The minimum absolute atomic E-state index is 0.0957. The Morgan fingerprint density at radius 3 is 2.49 bits per heavy atom. The fourth-order valence-corrected chi connectivity index (χ4v) is 3.93. The third kappa shape index (κ3) is 7.43. The molecule has 3 aromatic rings. The van der Waals surface area contributed by atoms with E-state index >= 15 is 0 Å². The fourth-order valence-electron chi connectivity index (χ4n) is 3.93. The first-order valence-corrected chi connectivity index (χ1v) is 12.3. The lowest BCUT2D eigenvalue weighted by Crippen LogP contribution is -2.35. The maximum atomic E-state index is 13.5. The summed E-state index contributed by atoms with van der Waals surface area (Å²) < 4.78 is 50.9. The molecule has 1 saturated heterocycles. The molecule has 1 N–H and O–H groups in total. The molecule has 12 heteroatoms. The molecule has 4 rings (SSSR count). The summed E-state index contributed by atoms with van der Waals surface area (Å²) in [5.74, 6) is -2.27. The monoisotopic (exact) mass is 543 g/mol. The molecule has 1 fully saturated rings. The highest BCUT2D eigenvalue weighted by atomic mass is 19.4. The third-order valence-corrected chi connectivity index (χ3v) is 5.72. The molecule has 39 heavy (non-hydrogen) atoms. The molecule has 2 aromatic heterocycles. The molecule has 0 unspecified atom stereocenters. The zero-order chi connectivity index (χ0) is 28.2. The van der Waals surface area contributed by atoms with Gasteiger partial charge >= 0.3 is 12.3 Å². The molecular weight excluding hydrogens is 515 g/mol. The summed E-state index contributed by atoms with van der Waals surface area (Å²) in [6, 6.07) is 7.98. The van der Waals surface area contributed by atoms with Crippen LogP contribution in [0.1, 0.15) is 55.7 Å². The van der Waals surface area contributed by atoms with Crippen LogP contribution in [-0.4, -0.2) is 50.5 Å². The van der Waals surface area contributed by atoms with Gasteiger partial charge in [0.15, 0.2) is 11.5 Å². The number of carbonyl (C=O) groups excluding carboxylic acids is 2. The van der Waals surface area contributed by atoms with Crippen LogP contribution < -0.4 is 5.32 Å². The molecule has 0 spiro atoms. The average molecular weight is 544 g/mol. The number of alkyl halides is 3. The first-order valence-electron chi connectivity index (χ1n) is 12.3. The number of nitrogens with one attached hydrogen (secondary N) is 1. The fraction of sp³-hybridized carbons (Fsp3) is 0.370. The molecule has 206 valence electrons. The number of halogens is 3. The Hall–Kier alpha value is -4.22. The van der Waals surface area contributed by atoms with E-state index in [9.17, 15) is 22.8 Å². The zero-order valence-corrected chi connectivity index (χ0v) is 21.7. The summed E-state index contributed by atoms with van der Waals surface area (Å²) in [4.78, 5) is 38.6. The van der Waals surface area contributed by atoms with Gasteiger partial charge in [0.1, 0.15) is 5.60 Å². The van der Waals surface area contributed by atoms with Gasteiger partial charge in [-0.2, -0.15) is 13.2 Å². The first kappa shape index (κ1) is 27.8. The quantitative estimate of drug-likeness (QED) is 0.402. The number of rotatable bonds is 6. The van der Waals surface area contributed by atoms with Crippen LogP contribution in [0.25, 0.3) is 17.5 Å². The Kier molecular flexibility index (Phi) is 8.03. The molecular formula is C27H28F3N5O4. The van der Waals surface area contributed by atoms with Crippen LogP contribution in [-0.2, 0) is 10.9 Å². The van der Waals surface area contributed by atoms with Crippen molar-refractivity contribution < 1.29 is 31.9 Å². The van der Waals surface area contributed by atoms with Crippen molar-refractivity contribution in [2.75, 3.05) is 18.4 Å². The smallest absolute Gasteiger partial charge is 0.444 e. The van der Waals surface area contributed by atoms with Gasteiger partial charge in [0, 0.05) is 18.7 Å². The number of benzene rings is 1. The standard InChI is InChI=1S/C27H28F3N5O4/c1-26(2,3)39-25(37)35-13-12-17(16-35)8-7-11-20-31-14-19(15-32-20)33-23(36)21-22(27(28,29)30)38-24(34-21)18-9-5-4-6-10-18/h4-7,9-11,14-15,17H,8,12-13,16H2,1-3H3,(H,33,36)/b11-7+/t17-/m0/s1. The van der Waals surface area contributed by atoms with Crippen molar-refractivity contribution in [1.29, 1.82) is 0 Å². The Bertz CT molecular complexity index is 1330. The number of hydrogen-bond acceptors (Lipinski definition) is 7. The van der Waals surface area contributed by atoms with E-state index in [1.165, 1.54) is 24.5 Å². The molecule has 1 aromatic carbocycles. The van der Waals surface area contributed by atoms with Crippen molar-refractivity contribution >= 4 is 23.8 Å². The number of hydrogen-bond donors (Lipinski definition) is 1. The molecule has 2 amide bonds. The highest BCUT2D eigenvalue weighted by molar-refractivity contribution is 6.03. The topological polar surface area (TPSA) is 110 Å². The van der Waals surface area contributed by atoms with Crippen molar-refractivity contribution in [2.45, 2.75) is 45.4 Å². The summed E-state index contributed by atoms with van der Waals surface area (Å²) in [5, 5.41) is 2.34. The highest BCUT2D eigenvalue weighted by Gasteiger charge is 2.42. The molecule has 3 heterocycles. The summed E-state index contributed by atoms with van der Waals surface area (Å²) in [5.41, 5.74) is -1.03. The minimum atomic E-state index is -4.92. The van der Waals surface area contributed by atoms with E-state index in [1.54, 1.807) is 29.2 Å². The number of amides is 2. The third-order valence-electron chi connectivity index (χ3n) is 5.72. The van der Waals surface area contributed by atoms with Crippen LogP contribution in [0.4, 0.5) is 23.7 Å². The van der Waals surface area contributed by atoms with E-state index in [0.29, 0.717) is 30.9 Å². The highest BCUT2D eigenvalue weighted by Crippen LogP contribution is 2.35. The number of oxazole rings is 1. The summed E-state index contributed by atoms with van der Waals surface area (Å²) in [7, 11) is 0. The van der Waals surface area contributed by atoms with Crippen LogP contribution in [0.2, 0.25) is 0 Å². The number of anilines is 1. The molecule has 0 radical (unpaired) electrons. The van der Waals surface area contributed by atoms with Crippen molar-refractivity contribution in [3.63, 3.8) is 0 Å². The van der Waals surface area contributed by atoms with Gasteiger partial charge in [-0.3, -0.25) is 4.79 Å². The number of likely N-dealkylation sites (tertiary alicyclic amines) is 1. The second kappa shape index (κ2) is 11.3. The predicted octanol–water partition coefficient (Wildman–Crippen LogP) is 6.06. The normalized spacial score (nSPS) is 16.1. The molecule has 1 aliphatic rings. The molecule has 9 nitrogen and oxygen atoms in total.